The van der Waals surface area contributed by atoms with Gasteiger partial charge in [-0.1, -0.05) is 0 Å². The summed E-state index contributed by atoms with van der Waals surface area (Å²) >= 11 is 0. The molecular formula is C10H9N3O4. The van der Waals surface area contributed by atoms with Crippen molar-refractivity contribution in [2.24, 2.45) is 0 Å². The predicted molar refractivity (Wildman–Crippen MR) is 58.3 cm³/mol. The number of benzene rings is 1. The van der Waals surface area contributed by atoms with Gasteiger partial charge in [0.05, 0.1) is 23.7 Å². The maximum atomic E-state index is 10.9. The fraction of sp³-hybridized carbons (Fsp3) is 0.200. The van der Waals surface area contributed by atoms with Crippen LogP contribution in [0.15, 0.2) is 18.2 Å². The van der Waals surface area contributed by atoms with E-state index < -0.39 is 10.9 Å². The number of nitro benzene ring substituents is 1. The Morgan fingerprint density at radius 2 is 2.35 bits per heavy atom. The second-order valence-electron chi connectivity index (χ2n) is 3.03. The van der Waals surface area contributed by atoms with Crippen LogP contribution in [0.4, 0.5) is 11.4 Å². The SMILES string of the molecule is COC(=O)CNc1cc(C#N)ccc1[N+](=O)[O-]. The molecule has 17 heavy (non-hydrogen) atoms. The van der Waals surface area contributed by atoms with Gasteiger partial charge in [0, 0.05) is 6.07 Å². The number of carbonyl (C=O) groups excluding carboxylic acids is 1. The standard InChI is InChI=1S/C10H9N3O4/c1-17-10(14)6-12-8-4-7(5-11)2-3-9(8)13(15)16/h2-4,12H,6H2,1H3. The van der Waals surface area contributed by atoms with Crippen LogP contribution < -0.4 is 5.32 Å². The van der Waals surface area contributed by atoms with Crippen molar-refractivity contribution in [2.75, 3.05) is 19.0 Å². The van der Waals surface area contributed by atoms with E-state index in [2.05, 4.69) is 10.1 Å². The van der Waals surface area contributed by atoms with Crippen LogP contribution in [-0.4, -0.2) is 24.5 Å². The van der Waals surface area contributed by atoms with Crippen LogP contribution in [-0.2, 0) is 9.53 Å². The first-order chi connectivity index (χ1) is 8.08. The van der Waals surface area contributed by atoms with Crippen molar-refractivity contribution in [2.45, 2.75) is 0 Å². The highest BCUT2D eigenvalue weighted by atomic mass is 16.6. The van der Waals surface area contributed by atoms with E-state index in [1.54, 1.807) is 0 Å². The summed E-state index contributed by atoms with van der Waals surface area (Å²) in [6.07, 6.45) is 0. The van der Waals surface area contributed by atoms with Gasteiger partial charge in [-0.2, -0.15) is 5.26 Å². The van der Waals surface area contributed by atoms with E-state index in [9.17, 15) is 14.9 Å². The number of esters is 1. The molecule has 1 N–H and O–H groups in total. The van der Waals surface area contributed by atoms with Gasteiger partial charge in [-0.15, -0.1) is 0 Å². The van der Waals surface area contributed by atoms with Crippen LogP contribution in [0.1, 0.15) is 5.56 Å². The van der Waals surface area contributed by atoms with Gasteiger partial charge in [-0.05, 0) is 12.1 Å². The quantitative estimate of drug-likeness (QED) is 0.475. The zero-order valence-corrected chi connectivity index (χ0v) is 8.97. The second kappa shape index (κ2) is 5.46. The summed E-state index contributed by atoms with van der Waals surface area (Å²) in [5.74, 6) is -0.554. The van der Waals surface area contributed by atoms with Gasteiger partial charge in [0.15, 0.2) is 0 Å². The molecule has 0 aliphatic rings. The first-order valence-corrected chi connectivity index (χ1v) is 4.57. The van der Waals surface area contributed by atoms with Gasteiger partial charge >= 0.3 is 5.97 Å². The number of nitriles is 1. The number of methoxy groups -OCH3 is 1. The van der Waals surface area contributed by atoms with Crippen molar-refractivity contribution in [1.82, 2.24) is 0 Å². The van der Waals surface area contributed by atoms with E-state index in [1.807, 2.05) is 6.07 Å². The molecule has 0 saturated carbocycles. The Kier molecular flexibility index (Phi) is 4.00. The highest BCUT2D eigenvalue weighted by Crippen LogP contribution is 2.24. The van der Waals surface area contributed by atoms with E-state index in [0.717, 1.165) is 0 Å². The molecule has 0 radical (unpaired) electrons. The summed E-state index contributed by atoms with van der Waals surface area (Å²) in [4.78, 5) is 21.0. The molecule has 0 atom stereocenters. The van der Waals surface area contributed by atoms with E-state index in [1.165, 1.54) is 25.3 Å². The minimum absolute atomic E-state index is 0.111. The third-order valence-corrected chi connectivity index (χ3v) is 1.97. The number of anilines is 1. The molecule has 1 aromatic carbocycles. The first-order valence-electron chi connectivity index (χ1n) is 4.57. The van der Waals surface area contributed by atoms with Crippen molar-refractivity contribution in [3.8, 4) is 6.07 Å². The number of hydrogen-bond donors (Lipinski definition) is 1. The maximum Gasteiger partial charge on any atom is 0.325 e. The van der Waals surface area contributed by atoms with Crippen LogP contribution in [0.5, 0.6) is 0 Å². The largest absolute Gasteiger partial charge is 0.468 e. The maximum absolute atomic E-state index is 10.9. The third kappa shape index (κ3) is 3.17. The number of nitrogens with one attached hydrogen (secondary N) is 1. The third-order valence-electron chi connectivity index (χ3n) is 1.97. The molecule has 0 aromatic heterocycles. The van der Waals surface area contributed by atoms with Gasteiger partial charge in [0.2, 0.25) is 0 Å². The Labute approximate surface area is 96.8 Å². The van der Waals surface area contributed by atoms with Crippen molar-refractivity contribution in [3.05, 3.63) is 33.9 Å². The van der Waals surface area contributed by atoms with Crippen molar-refractivity contribution < 1.29 is 14.5 Å². The van der Waals surface area contributed by atoms with Crippen LogP contribution >= 0.6 is 0 Å². The number of nitro groups is 1. The van der Waals surface area contributed by atoms with E-state index >= 15 is 0 Å². The van der Waals surface area contributed by atoms with Crippen molar-refractivity contribution in [1.29, 1.82) is 5.26 Å². The van der Waals surface area contributed by atoms with Gasteiger partial charge in [-0.3, -0.25) is 14.9 Å². The molecular weight excluding hydrogens is 226 g/mol. The molecule has 7 nitrogen and oxygen atoms in total. The monoisotopic (exact) mass is 235 g/mol. The average molecular weight is 235 g/mol. The molecule has 0 bridgehead atoms. The molecule has 1 rings (SSSR count). The highest BCUT2D eigenvalue weighted by molar-refractivity contribution is 5.77. The zero-order valence-electron chi connectivity index (χ0n) is 8.97. The topological polar surface area (TPSA) is 105 Å². The summed E-state index contributed by atoms with van der Waals surface area (Å²) in [6.45, 7) is -0.202. The molecule has 0 heterocycles. The molecule has 0 aliphatic carbocycles. The summed E-state index contributed by atoms with van der Waals surface area (Å²) < 4.78 is 4.39. The van der Waals surface area contributed by atoms with Crippen molar-refractivity contribution >= 4 is 17.3 Å². The normalized spacial score (nSPS) is 9.18. The Balaban J connectivity index is 2.98. The van der Waals surface area contributed by atoms with E-state index in [4.69, 9.17) is 5.26 Å². The van der Waals surface area contributed by atoms with Crippen molar-refractivity contribution in [3.63, 3.8) is 0 Å². The van der Waals surface area contributed by atoms with Gasteiger partial charge in [-0.25, -0.2) is 0 Å². The Morgan fingerprint density at radius 3 is 2.88 bits per heavy atom. The molecule has 7 heteroatoms. The number of carbonyl (C=O) groups is 1. The summed E-state index contributed by atoms with van der Waals surface area (Å²) in [7, 11) is 1.21. The Morgan fingerprint density at radius 1 is 1.65 bits per heavy atom. The molecule has 0 fully saturated rings. The van der Waals surface area contributed by atoms with Crippen LogP contribution in [0.25, 0.3) is 0 Å². The minimum Gasteiger partial charge on any atom is -0.468 e. The lowest BCUT2D eigenvalue weighted by Crippen LogP contribution is -2.15. The van der Waals surface area contributed by atoms with Crippen LogP contribution in [0.3, 0.4) is 0 Å². The molecule has 0 unspecified atom stereocenters. The molecule has 1 aromatic rings. The predicted octanol–water partition coefficient (Wildman–Crippen LogP) is 1.05. The van der Waals surface area contributed by atoms with E-state index in [0.29, 0.717) is 0 Å². The molecule has 0 saturated heterocycles. The second-order valence-corrected chi connectivity index (χ2v) is 3.03. The number of ether oxygens (including phenoxy) is 1. The van der Waals surface area contributed by atoms with Gasteiger partial charge in [0.1, 0.15) is 12.2 Å². The summed E-state index contributed by atoms with van der Waals surface area (Å²) in [5.41, 5.74) is 0.176. The fourth-order valence-corrected chi connectivity index (χ4v) is 1.15. The minimum atomic E-state index is -0.596. The number of nitrogens with zero attached hydrogens (tertiary/aromatic N) is 2. The fourth-order valence-electron chi connectivity index (χ4n) is 1.15. The molecule has 0 spiro atoms. The Bertz CT molecular complexity index is 493. The first kappa shape index (κ1) is 12.4. The summed E-state index contributed by atoms with van der Waals surface area (Å²) in [6, 6.07) is 5.70. The Hall–Kier alpha value is -2.62. The van der Waals surface area contributed by atoms with Gasteiger partial charge in [0.25, 0.3) is 5.69 Å². The lowest BCUT2D eigenvalue weighted by atomic mass is 10.2. The molecule has 0 aliphatic heterocycles. The summed E-state index contributed by atoms with van der Waals surface area (Å²) in [5, 5.41) is 21.9. The zero-order chi connectivity index (χ0) is 12.8. The lowest BCUT2D eigenvalue weighted by molar-refractivity contribution is -0.384. The highest BCUT2D eigenvalue weighted by Gasteiger charge is 2.14. The van der Waals surface area contributed by atoms with Crippen LogP contribution in [0.2, 0.25) is 0 Å². The number of hydrogen-bond acceptors (Lipinski definition) is 6. The van der Waals surface area contributed by atoms with E-state index in [-0.39, 0.29) is 23.5 Å². The molecule has 0 amide bonds. The molecule has 88 valence electrons. The van der Waals surface area contributed by atoms with Crippen LogP contribution in [0, 0.1) is 21.4 Å². The average Bonchev–Trinajstić information content (AvgIpc) is 2.35. The van der Waals surface area contributed by atoms with Gasteiger partial charge < -0.3 is 10.1 Å². The lowest BCUT2D eigenvalue weighted by Gasteiger charge is -2.05. The number of rotatable bonds is 4. The smallest absolute Gasteiger partial charge is 0.325 e.